The Kier molecular flexibility index (Phi) is 12.0. The highest BCUT2D eigenvalue weighted by molar-refractivity contribution is 7.80. The molecule has 3 atom stereocenters. The Labute approximate surface area is 226 Å². The van der Waals surface area contributed by atoms with Gasteiger partial charge in [0.1, 0.15) is 5.82 Å². The minimum atomic E-state index is -0.262. The highest BCUT2D eigenvalue weighted by Gasteiger charge is 2.22. The van der Waals surface area contributed by atoms with Gasteiger partial charge in [0.15, 0.2) is 0 Å². The molecular formula is C29H41ClFN3OS. The van der Waals surface area contributed by atoms with Crippen molar-refractivity contribution in [1.29, 1.82) is 0 Å². The summed E-state index contributed by atoms with van der Waals surface area (Å²) in [6.45, 7) is 6.13. The van der Waals surface area contributed by atoms with Gasteiger partial charge in [-0.1, -0.05) is 43.6 Å². The quantitative estimate of drug-likeness (QED) is 0.246. The minimum Gasteiger partial charge on any atom is -0.326 e. The SMILES string of the molecule is CC(C)C(CC(=O)Nc1cccc(F)c1CCC1CCNC(CCCS)CCN1)c1ccc(Cl)cc1. The van der Waals surface area contributed by atoms with Crippen LogP contribution >= 0.6 is 24.2 Å². The molecule has 0 saturated carbocycles. The number of rotatable bonds is 11. The van der Waals surface area contributed by atoms with Crippen LogP contribution in [0.2, 0.25) is 5.02 Å². The van der Waals surface area contributed by atoms with E-state index in [0.29, 0.717) is 41.2 Å². The largest absolute Gasteiger partial charge is 0.326 e. The fraction of sp³-hybridized carbons (Fsp3) is 0.552. The van der Waals surface area contributed by atoms with Crippen molar-refractivity contribution < 1.29 is 9.18 Å². The number of anilines is 1. The van der Waals surface area contributed by atoms with E-state index in [2.05, 4.69) is 42.4 Å². The number of thiol groups is 1. The zero-order valence-corrected chi connectivity index (χ0v) is 23.2. The maximum atomic E-state index is 14.9. The van der Waals surface area contributed by atoms with Crippen LogP contribution in [0, 0.1) is 11.7 Å². The summed E-state index contributed by atoms with van der Waals surface area (Å²) in [7, 11) is 0. The van der Waals surface area contributed by atoms with E-state index in [9.17, 15) is 9.18 Å². The summed E-state index contributed by atoms with van der Waals surface area (Å²) < 4.78 is 14.9. The summed E-state index contributed by atoms with van der Waals surface area (Å²) in [6, 6.07) is 13.5. The smallest absolute Gasteiger partial charge is 0.225 e. The third kappa shape index (κ3) is 9.05. The Morgan fingerprint density at radius 1 is 1.08 bits per heavy atom. The summed E-state index contributed by atoms with van der Waals surface area (Å²) in [5, 5.41) is 11.0. The molecule has 0 radical (unpaired) electrons. The van der Waals surface area contributed by atoms with Crippen molar-refractivity contribution in [3.05, 3.63) is 64.4 Å². The van der Waals surface area contributed by atoms with Crippen molar-refractivity contribution in [2.45, 2.75) is 76.8 Å². The van der Waals surface area contributed by atoms with E-state index in [1.807, 2.05) is 30.3 Å². The van der Waals surface area contributed by atoms with E-state index < -0.39 is 0 Å². The van der Waals surface area contributed by atoms with Gasteiger partial charge in [-0.05, 0) is 99.0 Å². The van der Waals surface area contributed by atoms with Crippen molar-refractivity contribution >= 4 is 35.8 Å². The summed E-state index contributed by atoms with van der Waals surface area (Å²) in [4.78, 5) is 13.0. The van der Waals surface area contributed by atoms with Crippen LogP contribution in [0.15, 0.2) is 42.5 Å². The van der Waals surface area contributed by atoms with Crippen molar-refractivity contribution in [1.82, 2.24) is 10.6 Å². The Morgan fingerprint density at radius 2 is 1.75 bits per heavy atom. The van der Waals surface area contributed by atoms with Gasteiger partial charge in [-0.2, -0.15) is 12.6 Å². The lowest BCUT2D eigenvalue weighted by atomic mass is 9.85. The second-order valence-corrected chi connectivity index (χ2v) is 11.1. The lowest BCUT2D eigenvalue weighted by molar-refractivity contribution is -0.116. The number of nitrogens with one attached hydrogen (secondary N) is 3. The molecule has 7 heteroatoms. The molecule has 2 aromatic carbocycles. The fourth-order valence-electron chi connectivity index (χ4n) is 5.06. The Hall–Kier alpha value is -1.60. The highest BCUT2D eigenvalue weighted by Crippen LogP contribution is 2.30. The average Bonchev–Trinajstić information content (AvgIpc) is 2.83. The molecule has 0 aliphatic carbocycles. The van der Waals surface area contributed by atoms with E-state index in [1.165, 1.54) is 6.07 Å². The van der Waals surface area contributed by atoms with Crippen LogP contribution in [0.5, 0.6) is 0 Å². The number of benzene rings is 2. The van der Waals surface area contributed by atoms with Crippen LogP contribution in [0.3, 0.4) is 0 Å². The van der Waals surface area contributed by atoms with E-state index in [1.54, 1.807) is 6.07 Å². The third-order valence-corrected chi connectivity index (χ3v) is 7.77. The number of hydrogen-bond acceptors (Lipinski definition) is 4. The predicted molar refractivity (Wildman–Crippen MR) is 153 cm³/mol. The standard InChI is InChI=1S/C29H41ClFN3OS/c1-20(2)26(21-8-10-22(30)11-9-21)19-29(35)34-28-7-3-6-27(31)25(28)13-12-24-15-17-32-23(5-4-18-36)14-16-33-24/h3,6-11,20,23-24,26,32-33,36H,4-5,12-19H2,1-2H3,(H,34,35). The number of carbonyl (C=O) groups is 1. The molecule has 4 nitrogen and oxygen atoms in total. The van der Waals surface area contributed by atoms with Crippen LogP contribution in [0.1, 0.15) is 69.4 Å². The molecule has 0 bridgehead atoms. The fourth-order valence-corrected chi connectivity index (χ4v) is 5.36. The zero-order chi connectivity index (χ0) is 25.9. The maximum Gasteiger partial charge on any atom is 0.225 e. The molecule has 1 heterocycles. The first-order valence-corrected chi connectivity index (χ1v) is 14.3. The predicted octanol–water partition coefficient (Wildman–Crippen LogP) is 6.60. The summed E-state index contributed by atoms with van der Waals surface area (Å²) in [5.74, 6) is 0.898. The van der Waals surface area contributed by atoms with Gasteiger partial charge in [0.25, 0.3) is 0 Å². The lowest BCUT2D eigenvalue weighted by Crippen LogP contribution is -2.42. The molecule has 1 amide bonds. The van der Waals surface area contributed by atoms with Gasteiger partial charge in [0.05, 0.1) is 0 Å². The number of halogens is 2. The summed E-state index contributed by atoms with van der Waals surface area (Å²) >= 11 is 10.4. The average molecular weight is 534 g/mol. The zero-order valence-electron chi connectivity index (χ0n) is 21.5. The number of carbonyl (C=O) groups excluding carboxylic acids is 1. The Balaban J connectivity index is 1.59. The third-order valence-electron chi connectivity index (χ3n) is 7.21. The van der Waals surface area contributed by atoms with Crippen molar-refractivity contribution in [2.24, 2.45) is 5.92 Å². The van der Waals surface area contributed by atoms with Gasteiger partial charge in [0.2, 0.25) is 5.91 Å². The molecule has 0 spiro atoms. The minimum absolute atomic E-state index is 0.0579. The molecule has 0 aromatic heterocycles. The topological polar surface area (TPSA) is 53.2 Å². The Bertz CT molecular complexity index is 946. The molecule has 2 aromatic rings. The van der Waals surface area contributed by atoms with Gasteiger partial charge in [-0.15, -0.1) is 0 Å². The van der Waals surface area contributed by atoms with Crippen LogP contribution in [-0.2, 0) is 11.2 Å². The van der Waals surface area contributed by atoms with Crippen molar-refractivity contribution in [3.63, 3.8) is 0 Å². The lowest BCUT2D eigenvalue weighted by Gasteiger charge is -2.27. The van der Waals surface area contributed by atoms with Gasteiger partial charge < -0.3 is 16.0 Å². The summed E-state index contributed by atoms with van der Waals surface area (Å²) in [5.41, 5.74) is 2.25. The van der Waals surface area contributed by atoms with Crippen LogP contribution < -0.4 is 16.0 Å². The van der Waals surface area contributed by atoms with E-state index >= 15 is 0 Å². The van der Waals surface area contributed by atoms with Crippen LogP contribution in [0.4, 0.5) is 10.1 Å². The normalized spacial score (nSPS) is 19.5. The number of hydrogen-bond donors (Lipinski definition) is 4. The molecule has 3 unspecified atom stereocenters. The monoisotopic (exact) mass is 533 g/mol. The molecule has 1 saturated heterocycles. The summed E-state index contributed by atoms with van der Waals surface area (Å²) in [6.07, 6.45) is 6.12. The Morgan fingerprint density at radius 3 is 2.39 bits per heavy atom. The van der Waals surface area contributed by atoms with Crippen LogP contribution in [0.25, 0.3) is 0 Å². The number of amides is 1. The first kappa shape index (κ1) is 29.0. The molecule has 1 aliphatic rings. The molecule has 1 aliphatic heterocycles. The molecule has 3 rings (SSSR count). The van der Waals surface area contributed by atoms with Crippen LogP contribution in [-0.4, -0.2) is 36.8 Å². The molecule has 36 heavy (non-hydrogen) atoms. The van der Waals surface area contributed by atoms with Gasteiger partial charge in [0, 0.05) is 34.8 Å². The van der Waals surface area contributed by atoms with Crippen molar-refractivity contribution in [3.8, 4) is 0 Å². The highest BCUT2D eigenvalue weighted by atomic mass is 35.5. The van der Waals surface area contributed by atoms with E-state index in [0.717, 1.165) is 56.5 Å². The second-order valence-electron chi connectivity index (χ2n) is 10.2. The molecule has 198 valence electrons. The first-order valence-electron chi connectivity index (χ1n) is 13.3. The molecule has 1 fully saturated rings. The molecule has 3 N–H and O–H groups in total. The molecular weight excluding hydrogens is 493 g/mol. The van der Waals surface area contributed by atoms with Gasteiger partial charge in [-0.3, -0.25) is 4.79 Å². The van der Waals surface area contributed by atoms with E-state index in [4.69, 9.17) is 11.6 Å². The maximum absolute atomic E-state index is 14.9. The second kappa shape index (κ2) is 15.0. The van der Waals surface area contributed by atoms with E-state index in [-0.39, 0.29) is 23.6 Å². The van der Waals surface area contributed by atoms with Gasteiger partial charge in [-0.25, -0.2) is 4.39 Å². The van der Waals surface area contributed by atoms with Crippen molar-refractivity contribution in [2.75, 3.05) is 24.2 Å². The van der Waals surface area contributed by atoms with Gasteiger partial charge >= 0.3 is 0 Å². The first-order chi connectivity index (χ1) is 17.4.